The number of amides is 3. The summed E-state index contributed by atoms with van der Waals surface area (Å²) in [5, 5.41) is 3.01. The van der Waals surface area contributed by atoms with Crippen LogP contribution in [0.15, 0.2) is 46.9 Å². The molecule has 1 N–H and O–H groups in total. The third-order valence-corrected chi connectivity index (χ3v) is 5.28. The zero-order chi connectivity index (χ0) is 22.4. The second-order valence-electron chi connectivity index (χ2n) is 9.57. The highest BCUT2D eigenvalue weighted by molar-refractivity contribution is 5.84. The van der Waals surface area contributed by atoms with Gasteiger partial charge in [0.1, 0.15) is 18.1 Å². The molecule has 0 spiro atoms. The summed E-state index contributed by atoms with van der Waals surface area (Å²) in [7, 11) is 0. The van der Waals surface area contributed by atoms with Crippen molar-refractivity contribution in [2.75, 3.05) is 19.6 Å². The summed E-state index contributed by atoms with van der Waals surface area (Å²) in [6.07, 6.45) is 3.00. The number of benzene rings is 1. The smallest absolute Gasteiger partial charge is 0.318 e. The number of nitrogens with zero attached hydrogens (tertiary/aromatic N) is 2. The molecule has 0 saturated heterocycles. The zero-order valence-corrected chi connectivity index (χ0v) is 19.2. The van der Waals surface area contributed by atoms with Gasteiger partial charge in [-0.15, -0.1) is 0 Å². The quantitative estimate of drug-likeness (QED) is 0.648. The van der Waals surface area contributed by atoms with Gasteiger partial charge in [-0.05, 0) is 70.6 Å². The Labute approximate surface area is 185 Å². The maximum atomic E-state index is 13.3. The molecule has 1 aliphatic carbocycles. The molecule has 2 aromatic rings. The van der Waals surface area contributed by atoms with Crippen molar-refractivity contribution < 1.29 is 14.0 Å². The standard InChI is InChI=1S/C25H35N3O3/c1-19-10-13-22(31-19)17-27(15-14-20-8-6-5-7-9-20)23(29)18-28(16-21-11-12-21)24(30)26-25(2,3)4/h5-10,13,21H,11-12,14-18H2,1-4H3,(H,26,30). The number of urea groups is 1. The van der Waals surface area contributed by atoms with Gasteiger partial charge in [0.15, 0.2) is 0 Å². The van der Waals surface area contributed by atoms with E-state index in [1.54, 1.807) is 9.80 Å². The average Bonchev–Trinajstić information content (AvgIpc) is 3.43. The van der Waals surface area contributed by atoms with E-state index in [1.807, 2.05) is 58.0 Å². The highest BCUT2D eigenvalue weighted by Gasteiger charge is 2.30. The summed E-state index contributed by atoms with van der Waals surface area (Å²) in [4.78, 5) is 29.6. The summed E-state index contributed by atoms with van der Waals surface area (Å²) >= 11 is 0. The van der Waals surface area contributed by atoms with Gasteiger partial charge in [0.25, 0.3) is 0 Å². The van der Waals surface area contributed by atoms with Crippen LogP contribution in [0.5, 0.6) is 0 Å². The Bertz CT molecular complexity index is 866. The van der Waals surface area contributed by atoms with E-state index < -0.39 is 0 Å². The van der Waals surface area contributed by atoms with Gasteiger partial charge in [0.2, 0.25) is 5.91 Å². The second-order valence-corrected chi connectivity index (χ2v) is 9.57. The number of carbonyl (C=O) groups excluding carboxylic acids is 2. The normalized spacial score (nSPS) is 13.7. The highest BCUT2D eigenvalue weighted by Crippen LogP contribution is 2.30. The Morgan fingerprint density at radius 3 is 2.35 bits per heavy atom. The summed E-state index contributed by atoms with van der Waals surface area (Å²) in [5.74, 6) is 2.02. The van der Waals surface area contributed by atoms with Crippen molar-refractivity contribution in [1.82, 2.24) is 15.1 Å². The fourth-order valence-electron chi connectivity index (χ4n) is 3.45. The number of nitrogens with one attached hydrogen (secondary N) is 1. The summed E-state index contributed by atoms with van der Waals surface area (Å²) in [6.45, 7) is 9.42. The molecule has 3 rings (SSSR count). The SMILES string of the molecule is Cc1ccc(CN(CCc2ccccc2)C(=O)CN(CC2CC2)C(=O)NC(C)(C)C)o1. The third kappa shape index (κ3) is 7.78. The number of hydrogen-bond acceptors (Lipinski definition) is 3. The van der Waals surface area contributed by atoms with Gasteiger partial charge in [-0.2, -0.15) is 0 Å². The first-order valence-electron chi connectivity index (χ1n) is 11.1. The molecular formula is C25H35N3O3. The number of carbonyl (C=O) groups is 2. The predicted octanol–water partition coefficient (Wildman–Crippen LogP) is 4.38. The molecule has 168 valence electrons. The van der Waals surface area contributed by atoms with Gasteiger partial charge in [-0.1, -0.05) is 30.3 Å². The van der Waals surface area contributed by atoms with E-state index in [-0.39, 0.29) is 24.0 Å². The zero-order valence-electron chi connectivity index (χ0n) is 19.2. The largest absolute Gasteiger partial charge is 0.464 e. The number of furan rings is 1. The van der Waals surface area contributed by atoms with Crippen molar-refractivity contribution in [3.05, 3.63) is 59.5 Å². The molecule has 1 aromatic heterocycles. The number of hydrogen-bond donors (Lipinski definition) is 1. The molecule has 6 heteroatoms. The molecule has 31 heavy (non-hydrogen) atoms. The number of aryl methyl sites for hydroxylation is 1. The fraction of sp³-hybridized carbons (Fsp3) is 0.520. The van der Waals surface area contributed by atoms with E-state index in [2.05, 4.69) is 17.4 Å². The van der Waals surface area contributed by atoms with E-state index in [0.717, 1.165) is 30.8 Å². The van der Waals surface area contributed by atoms with Crippen LogP contribution >= 0.6 is 0 Å². The van der Waals surface area contributed by atoms with Crippen LogP contribution in [0.3, 0.4) is 0 Å². The molecule has 0 aliphatic heterocycles. The first-order valence-corrected chi connectivity index (χ1v) is 11.1. The molecule has 0 radical (unpaired) electrons. The van der Waals surface area contributed by atoms with E-state index in [0.29, 0.717) is 25.6 Å². The molecule has 1 saturated carbocycles. The van der Waals surface area contributed by atoms with Crippen LogP contribution < -0.4 is 5.32 Å². The monoisotopic (exact) mass is 425 g/mol. The lowest BCUT2D eigenvalue weighted by molar-refractivity contribution is -0.132. The van der Waals surface area contributed by atoms with Crippen LogP contribution in [0.2, 0.25) is 0 Å². The first kappa shape index (κ1) is 22.9. The Kier molecular flexibility index (Phi) is 7.42. The van der Waals surface area contributed by atoms with E-state index in [4.69, 9.17) is 4.42 Å². The highest BCUT2D eigenvalue weighted by atomic mass is 16.3. The minimum atomic E-state index is -0.347. The summed E-state index contributed by atoms with van der Waals surface area (Å²) < 4.78 is 5.72. The van der Waals surface area contributed by atoms with Crippen molar-refractivity contribution in [2.45, 2.75) is 59.0 Å². The molecule has 0 unspecified atom stereocenters. The Morgan fingerprint density at radius 2 is 1.77 bits per heavy atom. The summed E-state index contributed by atoms with van der Waals surface area (Å²) in [6, 6.07) is 13.8. The molecule has 0 atom stereocenters. The van der Waals surface area contributed by atoms with Gasteiger partial charge in [-0.25, -0.2) is 4.79 Å². The van der Waals surface area contributed by atoms with Crippen molar-refractivity contribution in [2.24, 2.45) is 5.92 Å². The minimum Gasteiger partial charge on any atom is -0.464 e. The first-order chi connectivity index (χ1) is 14.7. The average molecular weight is 426 g/mol. The molecule has 1 heterocycles. The van der Waals surface area contributed by atoms with Gasteiger partial charge in [0.05, 0.1) is 6.54 Å². The van der Waals surface area contributed by atoms with Crippen molar-refractivity contribution in [3.63, 3.8) is 0 Å². The fourth-order valence-corrected chi connectivity index (χ4v) is 3.45. The van der Waals surface area contributed by atoms with Crippen molar-refractivity contribution in [1.29, 1.82) is 0 Å². The van der Waals surface area contributed by atoms with E-state index >= 15 is 0 Å². The van der Waals surface area contributed by atoms with Crippen LogP contribution in [-0.2, 0) is 17.8 Å². The van der Waals surface area contributed by atoms with Crippen LogP contribution in [0.1, 0.15) is 50.7 Å². The van der Waals surface area contributed by atoms with Crippen LogP contribution in [0.25, 0.3) is 0 Å². The van der Waals surface area contributed by atoms with Crippen LogP contribution in [0.4, 0.5) is 4.79 Å². The summed E-state index contributed by atoms with van der Waals surface area (Å²) in [5.41, 5.74) is 0.830. The van der Waals surface area contributed by atoms with E-state index in [9.17, 15) is 9.59 Å². The third-order valence-electron chi connectivity index (χ3n) is 5.28. The van der Waals surface area contributed by atoms with Crippen LogP contribution in [0, 0.1) is 12.8 Å². The lowest BCUT2D eigenvalue weighted by Crippen LogP contribution is -2.52. The molecule has 0 bridgehead atoms. The van der Waals surface area contributed by atoms with Gasteiger partial charge < -0.3 is 19.5 Å². The predicted molar refractivity (Wildman–Crippen MR) is 122 cm³/mol. The molecule has 1 aromatic carbocycles. The number of rotatable bonds is 9. The molecule has 1 fully saturated rings. The van der Waals surface area contributed by atoms with Crippen molar-refractivity contribution in [3.8, 4) is 0 Å². The maximum Gasteiger partial charge on any atom is 0.318 e. The topological polar surface area (TPSA) is 65.8 Å². The van der Waals surface area contributed by atoms with Crippen molar-refractivity contribution >= 4 is 11.9 Å². The van der Waals surface area contributed by atoms with Gasteiger partial charge in [-0.3, -0.25) is 4.79 Å². The van der Waals surface area contributed by atoms with Crippen LogP contribution in [-0.4, -0.2) is 46.9 Å². The van der Waals surface area contributed by atoms with Gasteiger partial charge >= 0.3 is 6.03 Å². The molecule has 6 nitrogen and oxygen atoms in total. The van der Waals surface area contributed by atoms with Gasteiger partial charge in [0, 0.05) is 18.6 Å². The van der Waals surface area contributed by atoms with E-state index in [1.165, 1.54) is 5.56 Å². The Hall–Kier alpha value is -2.76. The minimum absolute atomic E-state index is 0.0605. The lowest BCUT2D eigenvalue weighted by atomic mass is 10.1. The lowest BCUT2D eigenvalue weighted by Gasteiger charge is -2.30. The molecular weight excluding hydrogens is 390 g/mol. The molecule has 3 amide bonds. The Balaban J connectivity index is 1.70. The Morgan fingerprint density at radius 1 is 1.06 bits per heavy atom. The second kappa shape index (κ2) is 10.0. The molecule has 1 aliphatic rings. The maximum absolute atomic E-state index is 13.3.